The Bertz CT molecular complexity index is 578. The summed E-state index contributed by atoms with van der Waals surface area (Å²) in [5, 5.41) is 19.6. The summed E-state index contributed by atoms with van der Waals surface area (Å²) in [6.45, 7) is 7.39. The molecule has 5 nitrogen and oxygen atoms in total. The first kappa shape index (κ1) is 14.2. The second-order valence-corrected chi connectivity index (χ2v) is 5.17. The predicted octanol–water partition coefficient (Wildman–Crippen LogP) is 2.97. The van der Waals surface area contributed by atoms with E-state index in [1.54, 1.807) is 13.1 Å². The van der Waals surface area contributed by atoms with Crippen LogP contribution in [0.3, 0.4) is 0 Å². The number of rotatable bonds is 5. The van der Waals surface area contributed by atoms with E-state index >= 15 is 0 Å². The van der Waals surface area contributed by atoms with Gasteiger partial charge in [-0.05, 0) is 49.3 Å². The van der Waals surface area contributed by atoms with Crippen LogP contribution in [0.25, 0.3) is 5.57 Å². The standard InChI is InChI=1S/C15H19N3O2/c1-9(10(2)15(19)20)7-13(12-5-4-6-12)11(3)14-8-16-18-17-14/h7-8,12H,2,4-6H2,1,3H3,(H,19,20)(H,16,17,18)/b9-7-,13-11-. The van der Waals surface area contributed by atoms with Crippen LogP contribution in [0.1, 0.15) is 38.8 Å². The highest BCUT2D eigenvalue weighted by Gasteiger charge is 2.23. The minimum absolute atomic E-state index is 0.134. The minimum Gasteiger partial charge on any atom is -0.478 e. The van der Waals surface area contributed by atoms with Gasteiger partial charge in [0.2, 0.25) is 0 Å². The lowest BCUT2D eigenvalue weighted by atomic mass is 9.76. The first-order chi connectivity index (χ1) is 9.50. The van der Waals surface area contributed by atoms with Crippen molar-refractivity contribution in [2.24, 2.45) is 5.92 Å². The summed E-state index contributed by atoms with van der Waals surface area (Å²) in [6, 6.07) is 0. The SMILES string of the molecule is C=C(C(=O)O)/C(C)=C\C(=C(/C)c1cn[nH]n1)C1CCC1. The van der Waals surface area contributed by atoms with Crippen LogP contribution >= 0.6 is 0 Å². The van der Waals surface area contributed by atoms with E-state index in [0.29, 0.717) is 11.5 Å². The summed E-state index contributed by atoms with van der Waals surface area (Å²) < 4.78 is 0. The molecule has 5 heteroatoms. The largest absolute Gasteiger partial charge is 0.478 e. The minimum atomic E-state index is -0.981. The van der Waals surface area contributed by atoms with E-state index in [1.807, 2.05) is 13.0 Å². The van der Waals surface area contributed by atoms with Crippen molar-refractivity contribution in [3.8, 4) is 0 Å². The molecule has 0 amide bonds. The van der Waals surface area contributed by atoms with Gasteiger partial charge in [-0.2, -0.15) is 15.4 Å². The average Bonchev–Trinajstić information content (AvgIpc) is 2.87. The number of nitrogens with zero attached hydrogens (tertiary/aromatic N) is 2. The zero-order valence-corrected chi connectivity index (χ0v) is 11.8. The number of hydrogen-bond acceptors (Lipinski definition) is 3. The highest BCUT2D eigenvalue weighted by atomic mass is 16.4. The number of allylic oxidation sites excluding steroid dienone is 3. The molecule has 0 unspecified atom stereocenters. The Labute approximate surface area is 118 Å². The number of aliphatic carboxylic acids is 1. The van der Waals surface area contributed by atoms with Gasteiger partial charge in [0.25, 0.3) is 0 Å². The summed E-state index contributed by atoms with van der Waals surface area (Å²) >= 11 is 0. The van der Waals surface area contributed by atoms with E-state index in [1.165, 1.54) is 6.42 Å². The number of carboxylic acid groups (broad SMARTS) is 1. The summed E-state index contributed by atoms with van der Waals surface area (Å²) in [6.07, 6.45) is 7.10. The highest BCUT2D eigenvalue weighted by molar-refractivity contribution is 5.91. The van der Waals surface area contributed by atoms with Crippen LogP contribution in [0.2, 0.25) is 0 Å². The predicted molar refractivity (Wildman–Crippen MR) is 76.9 cm³/mol. The van der Waals surface area contributed by atoms with Crippen LogP contribution in [0.4, 0.5) is 0 Å². The van der Waals surface area contributed by atoms with Gasteiger partial charge in [0, 0.05) is 0 Å². The number of carboxylic acids is 1. The molecule has 0 saturated heterocycles. The second kappa shape index (κ2) is 5.86. The van der Waals surface area contributed by atoms with Gasteiger partial charge in [-0.25, -0.2) is 4.79 Å². The molecule has 1 aliphatic carbocycles. The molecule has 1 aliphatic rings. The number of carbonyl (C=O) groups is 1. The third-order valence-electron chi connectivity index (χ3n) is 3.88. The molecule has 1 aromatic heterocycles. The first-order valence-electron chi connectivity index (χ1n) is 6.68. The molecule has 0 atom stereocenters. The van der Waals surface area contributed by atoms with E-state index in [2.05, 4.69) is 22.0 Å². The van der Waals surface area contributed by atoms with Crippen molar-refractivity contribution in [1.29, 1.82) is 0 Å². The van der Waals surface area contributed by atoms with Gasteiger partial charge in [-0.3, -0.25) is 0 Å². The van der Waals surface area contributed by atoms with Gasteiger partial charge in [0.05, 0.1) is 11.8 Å². The summed E-state index contributed by atoms with van der Waals surface area (Å²) in [4.78, 5) is 11.0. The molecule has 2 rings (SSSR count). The molecular weight excluding hydrogens is 254 g/mol. The molecule has 0 radical (unpaired) electrons. The number of aromatic amines is 1. The van der Waals surface area contributed by atoms with E-state index < -0.39 is 5.97 Å². The van der Waals surface area contributed by atoms with Crippen LogP contribution in [0, 0.1) is 5.92 Å². The number of H-pyrrole nitrogens is 1. The maximum atomic E-state index is 11.0. The third kappa shape index (κ3) is 2.87. The Kier molecular flexibility index (Phi) is 4.17. The third-order valence-corrected chi connectivity index (χ3v) is 3.88. The van der Waals surface area contributed by atoms with Crippen LogP contribution in [0.15, 0.2) is 35.6 Å². The maximum Gasteiger partial charge on any atom is 0.335 e. The zero-order chi connectivity index (χ0) is 14.7. The Morgan fingerprint density at radius 3 is 2.65 bits per heavy atom. The smallest absolute Gasteiger partial charge is 0.335 e. The Balaban J connectivity index is 2.39. The van der Waals surface area contributed by atoms with Crippen LogP contribution in [0.5, 0.6) is 0 Å². The topological polar surface area (TPSA) is 78.9 Å². The number of aromatic nitrogens is 3. The summed E-state index contributed by atoms with van der Waals surface area (Å²) in [5.41, 5.74) is 3.81. The van der Waals surface area contributed by atoms with Crippen molar-refractivity contribution in [2.45, 2.75) is 33.1 Å². The molecule has 106 valence electrons. The number of hydrogen-bond donors (Lipinski definition) is 2. The molecule has 1 saturated carbocycles. The van der Waals surface area contributed by atoms with Crippen molar-refractivity contribution in [1.82, 2.24) is 15.4 Å². The fraction of sp³-hybridized carbons (Fsp3) is 0.400. The lowest BCUT2D eigenvalue weighted by Crippen LogP contribution is -2.14. The molecule has 0 aliphatic heterocycles. The Morgan fingerprint density at radius 1 is 1.50 bits per heavy atom. The van der Waals surface area contributed by atoms with Gasteiger partial charge in [0.15, 0.2) is 0 Å². The molecule has 1 aromatic rings. The zero-order valence-electron chi connectivity index (χ0n) is 11.8. The maximum absolute atomic E-state index is 11.0. The Hall–Kier alpha value is -2.17. The highest BCUT2D eigenvalue weighted by Crippen LogP contribution is 2.38. The van der Waals surface area contributed by atoms with Gasteiger partial charge in [-0.1, -0.05) is 19.1 Å². The van der Waals surface area contributed by atoms with Gasteiger partial charge < -0.3 is 5.11 Å². The summed E-state index contributed by atoms with van der Waals surface area (Å²) in [7, 11) is 0. The number of nitrogens with one attached hydrogen (secondary N) is 1. The summed E-state index contributed by atoms with van der Waals surface area (Å²) in [5.74, 6) is -0.506. The lowest BCUT2D eigenvalue weighted by molar-refractivity contribution is -0.132. The normalized spacial score (nSPS) is 17.4. The first-order valence-corrected chi connectivity index (χ1v) is 6.68. The van der Waals surface area contributed by atoms with Gasteiger partial charge in [0.1, 0.15) is 5.69 Å². The quantitative estimate of drug-likeness (QED) is 0.638. The van der Waals surface area contributed by atoms with E-state index in [9.17, 15) is 4.79 Å². The monoisotopic (exact) mass is 273 g/mol. The van der Waals surface area contributed by atoms with E-state index in [-0.39, 0.29) is 5.57 Å². The Morgan fingerprint density at radius 2 is 2.20 bits per heavy atom. The molecule has 0 spiro atoms. The molecule has 1 fully saturated rings. The van der Waals surface area contributed by atoms with Crippen molar-refractivity contribution in [3.05, 3.63) is 41.3 Å². The molecule has 0 aromatic carbocycles. The van der Waals surface area contributed by atoms with Crippen molar-refractivity contribution < 1.29 is 9.90 Å². The van der Waals surface area contributed by atoms with Crippen LogP contribution in [-0.4, -0.2) is 26.5 Å². The fourth-order valence-corrected chi connectivity index (χ4v) is 2.27. The molecule has 20 heavy (non-hydrogen) atoms. The van der Waals surface area contributed by atoms with E-state index in [0.717, 1.165) is 29.7 Å². The lowest BCUT2D eigenvalue weighted by Gasteiger charge is -2.28. The molecule has 1 heterocycles. The second-order valence-electron chi connectivity index (χ2n) is 5.17. The average molecular weight is 273 g/mol. The van der Waals surface area contributed by atoms with Crippen molar-refractivity contribution in [2.75, 3.05) is 0 Å². The van der Waals surface area contributed by atoms with Crippen molar-refractivity contribution >= 4 is 11.5 Å². The molecule has 2 N–H and O–H groups in total. The van der Waals surface area contributed by atoms with Crippen LogP contribution < -0.4 is 0 Å². The fourth-order valence-electron chi connectivity index (χ4n) is 2.27. The molecular formula is C15H19N3O2. The van der Waals surface area contributed by atoms with Gasteiger partial charge in [-0.15, -0.1) is 0 Å². The van der Waals surface area contributed by atoms with Gasteiger partial charge >= 0.3 is 5.97 Å². The molecule has 0 bridgehead atoms. The van der Waals surface area contributed by atoms with Crippen LogP contribution in [-0.2, 0) is 4.79 Å². The van der Waals surface area contributed by atoms with E-state index in [4.69, 9.17) is 5.11 Å². The van der Waals surface area contributed by atoms with Crippen molar-refractivity contribution in [3.63, 3.8) is 0 Å².